The molecule has 0 aliphatic heterocycles. The normalized spacial score (nSPS) is 12.1. The molecule has 0 unspecified atom stereocenters. The fraction of sp³-hybridized carbons (Fsp3) is 0. The van der Waals surface area contributed by atoms with E-state index in [-0.39, 0.29) is 5.56 Å². The molecule has 0 aliphatic carbocycles. The van der Waals surface area contributed by atoms with Crippen LogP contribution in [0.1, 0.15) is 0 Å². The van der Waals surface area contributed by atoms with Gasteiger partial charge in [-0.3, -0.25) is 9.20 Å². The summed E-state index contributed by atoms with van der Waals surface area (Å²) in [4.78, 5) is 19.4. The summed E-state index contributed by atoms with van der Waals surface area (Å²) in [5.41, 5.74) is 7.88. The highest BCUT2D eigenvalue weighted by Crippen LogP contribution is 2.47. The standard InChI is InChI=1S/C36H20N2O2/c39-36-27-19-24(21-11-3-1-4-12-21)31-23-15-7-10-18-30(23)40-34-25(22-13-5-2-6-14-22)20-26(32(27)33(31)34)35-37-28-16-8-9-17-29(28)38(35)36/h1-20H. The molecule has 4 nitrogen and oxygen atoms in total. The van der Waals surface area contributed by atoms with Crippen LogP contribution in [0.2, 0.25) is 0 Å². The van der Waals surface area contributed by atoms with Crippen molar-refractivity contribution in [2.75, 3.05) is 0 Å². The van der Waals surface area contributed by atoms with E-state index in [1.54, 1.807) is 4.40 Å². The number of aromatic nitrogens is 2. The number of nitrogens with zero attached hydrogens (tertiary/aromatic N) is 2. The molecule has 9 aromatic rings. The molecule has 0 N–H and O–H groups in total. The number of fused-ring (bicyclic) bond motifs is 6. The van der Waals surface area contributed by atoms with E-state index in [1.165, 1.54) is 0 Å². The predicted molar refractivity (Wildman–Crippen MR) is 163 cm³/mol. The first-order valence-corrected chi connectivity index (χ1v) is 13.4. The molecule has 0 aliphatic rings. The first-order chi connectivity index (χ1) is 19.8. The highest BCUT2D eigenvalue weighted by molar-refractivity contribution is 6.33. The van der Waals surface area contributed by atoms with E-state index in [2.05, 4.69) is 42.5 Å². The lowest BCUT2D eigenvalue weighted by molar-refractivity contribution is 0.663. The maximum absolute atomic E-state index is 14.4. The third kappa shape index (κ3) is 2.74. The van der Waals surface area contributed by atoms with Crippen molar-refractivity contribution in [2.45, 2.75) is 0 Å². The van der Waals surface area contributed by atoms with Crippen LogP contribution in [0.15, 0.2) is 131 Å². The van der Waals surface area contributed by atoms with E-state index >= 15 is 0 Å². The Labute approximate surface area is 227 Å². The number of hydrogen-bond donors (Lipinski definition) is 0. The second kappa shape index (κ2) is 7.78. The van der Waals surface area contributed by atoms with Crippen molar-refractivity contribution in [3.63, 3.8) is 0 Å². The largest absolute Gasteiger partial charge is 0.455 e. The first-order valence-electron chi connectivity index (χ1n) is 13.4. The number of para-hydroxylation sites is 3. The van der Waals surface area contributed by atoms with Gasteiger partial charge in [0.25, 0.3) is 5.56 Å². The number of hydrogen-bond acceptors (Lipinski definition) is 3. The van der Waals surface area contributed by atoms with Crippen LogP contribution in [0.5, 0.6) is 0 Å². The van der Waals surface area contributed by atoms with Crippen LogP contribution in [-0.2, 0) is 0 Å². The number of benzene rings is 6. The van der Waals surface area contributed by atoms with Crippen molar-refractivity contribution in [1.29, 1.82) is 0 Å². The van der Waals surface area contributed by atoms with E-state index in [0.29, 0.717) is 11.0 Å². The van der Waals surface area contributed by atoms with Gasteiger partial charge in [-0.2, -0.15) is 0 Å². The fourth-order valence-corrected chi connectivity index (χ4v) is 6.42. The molecule has 3 heterocycles. The highest BCUT2D eigenvalue weighted by atomic mass is 16.3. The molecule has 0 saturated heterocycles. The zero-order chi connectivity index (χ0) is 26.4. The van der Waals surface area contributed by atoms with Gasteiger partial charge in [-0.25, -0.2) is 4.98 Å². The molecule has 186 valence electrons. The summed E-state index contributed by atoms with van der Waals surface area (Å²) in [5.74, 6) is 0. The zero-order valence-corrected chi connectivity index (χ0v) is 21.3. The van der Waals surface area contributed by atoms with Crippen LogP contribution in [-0.4, -0.2) is 9.38 Å². The van der Waals surface area contributed by atoms with E-state index < -0.39 is 0 Å². The van der Waals surface area contributed by atoms with Gasteiger partial charge in [0, 0.05) is 37.9 Å². The van der Waals surface area contributed by atoms with Gasteiger partial charge in [-0.1, -0.05) is 91.0 Å². The Morgan fingerprint density at radius 2 is 1.23 bits per heavy atom. The van der Waals surface area contributed by atoms with Crippen LogP contribution < -0.4 is 5.56 Å². The van der Waals surface area contributed by atoms with Crippen molar-refractivity contribution in [1.82, 2.24) is 9.38 Å². The minimum absolute atomic E-state index is 0.0720. The average molecular weight is 513 g/mol. The molecule has 6 aromatic carbocycles. The van der Waals surface area contributed by atoms with Gasteiger partial charge in [0.15, 0.2) is 0 Å². The molecule has 4 heteroatoms. The lowest BCUT2D eigenvalue weighted by Crippen LogP contribution is -2.14. The lowest BCUT2D eigenvalue weighted by atomic mass is 9.87. The average Bonchev–Trinajstić information content (AvgIpc) is 3.41. The fourth-order valence-electron chi connectivity index (χ4n) is 6.42. The van der Waals surface area contributed by atoms with Crippen molar-refractivity contribution in [2.24, 2.45) is 0 Å². The van der Waals surface area contributed by atoms with E-state index in [0.717, 1.165) is 71.4 Å². The predicted octanol–water partition coefficient (Wildman–Crippen LogP) is 8.83. The Balaban J connectivity index is 1.66. The Bertz CT molecular complexity index is 2490. The van der Waals surface area contributed by atoms with Crippen LogP contribution >= 0.6 is 0 Å². The molecule has 0 atom stereocenters. The van der Waals surface area contributed by atoms with E-state index in [4.69, 9.17) is 9.40 Å². The molecular formula is C36H20N2O2. The molecule has 0 bridgehead atoms. The van der Waals surface area contributed by atoms with Crippen LogP contribution in [0.4, 0.5) is 0 Å². The molecule has 0 amide bonds. The Kier molecular flexibility index (Phi) is 4.17. The Morgan fingerprint density at radius 1 is 0.575 bits per heavy atom. The molecule has 9 rings (SSSR count). The lowest BCUT2D eigenvalue weighted by Gasteiger charge is -2.19. The second-order valence-corrected chi connectivity index (χ2v) is 10.3. The number of rotatable bonds is 2. The van der Waals surface area contributed by atoms with Crippen molar-refractivity contribution >= 4 is 60.2 Å². The Hall–Kier alpha value is -5.48. The summed E-state index contributed by atoms with van der Waals surface area (Å²) in [5, 5.41) is 5.55. The third-order valence-corrected chi connectivity index (χ3v) is 8.13. The summed E-state index contributed by atoms with van der Waals surface area (Å²) in [6.07, 6.45) is 0. The summed E-state index contributed by atoms with van der Waals surface area (Å²) in [7, 11) is 0. The van der Waals surface area contributed by atoms with Crippen LogP contribution in [0.3, 0.4) is 0 Å². The van der Waals surface area contributed by atoms with Gasteiger partial charge in [-0.15, -0.1) is 0 Å². The van der Waals surface area contributed by atoms with Crippen LogP contribution in [0, 0.1) is 0 Å². The van der Waals surface area contributed by atoms with Gasteiger partial charge in [0.05, 0.1) is 11.0 Å². The van der Waals surface area contributed by atoms with Crippen molar-refractivity contribution < 1.29 is 4.42 Å². The molecule has 40 heavy (non-hydrogen) atoms. The van der Waals surface area contributed by atoms with Gasteiger partial charge in [0.1, 0.15) is 16.8 Å². The summed E-state index contributed by atoms with van der Waals surface area (Å²) in [6.45, 7) is 0. The third-order valence-electron chi connectivity index (χ3n) is 8.13. The maximum atomic E-state index is 14.4. The molecule has 0 radical (unpaired) electrons. The Morgan fingerprint density at radius 3 is 2.02 bits per heavy atom. The maximum Gasteiger partial charge on any atom is 0.264 e. The van der Waals surface area contributed by atoms with E-state index in [9.17, 15) is 4.79 Å². The van der Waals surface area contributed by atoms with Gasteiger partial charge in [0.2, 0.25) is 0 Å². The molecule has 0 spiro atoms. The molecular weight excluding hydrogens is 492 g/mol. The van der Waals surface area contributed by atoms with Crippen molar-refractivity contribution in [3.05, 3.63) is 132 Å². The highest BCUT2D eigenvalue weighted by Gasteiger charge is 2.25. The molecule has 0 saturated carbocycles. The number of imidazole rings is 1. The first kappa shape index (κ1) is 21.5. The summed E-state index contributed by atoms with van der Waals surface area (Å²) < 4.78 is 8.52. The summed E-state index contributed by atoms with van der Waals surface area (Å²) in [6, 6.07) is 40.9. The SMILES string of the molecule is O=c1c2cc(-c3ccccc3)c3c4ccccc4oc4c(-c5ccccc5)cc(c2c43)c2nc3ccccc3n12. The van der Waals surface area contributed by atoms with Crippen LogP contribution in [0.25, 0.3) is 82.4 Å². The molecule has 0 fully saturated rings. The smallest absolute Gasteiger partial charge is 0.264 e. The van der Waals surface area contributed by atoms with Gasteiger partial charge < -0.3 is 4.42 Å². The topological polar surface area (TPSA) is 47.5 Å². The van der Waals surface area contributed by atoms with Gasteiger partial charge >= 0.3 is 0 Å². The van der Waals surface area contributed by atoms with E-state index in [1.807, 2.05) is 78.9 Å². The quantitative estimate of drug-likeness (QED) is 0.172. The minimum Gasteiger partial charge on any atom is -0.455 e. The minimum atomic E-state index is -0.0720. The molecule has 3 aromatic heterocycles. The second-order valence-electron chi connectivity index (χ2n) is 10.3. The van der Waals surface area contributed by atoms with Gasteiger partial charge in [-0.05, 0) is 47.0 Å². The van der Waals surface area contributed by atoms with Crippen molar-refractivity contribution in [3.8, 4) is 22.3 Å². The monoisotopic (exact) mass is 512 g/mol. The zero-order valence-electron chi connectivity index (χ0n) is 21.3. The number of pyridine rings is 1. The summed E-state index contributed by atoms with van der Waals surface area (Å²) >= 11 is 0.